The first kappa shape index (κ1) is 13.1. The van der Waals surface area contributed by atoms with Gasteiger partial charge in [-0.15, -0.1) is 0 Å². The summed E-state index contributed by atoms with van der Waals surface area (Å²) >= 11 is 0. The van der Waals surface area contributed by atoms with Crippen LogP contribution in [0.2, 0.25) is 0 Å². The van der Waals surface area contributed by atoms with Crippen molar-refractivity contribution < 1.29 is 0 Å². The van der Waals surface area contributed by atoms with Gasteiger partial charge in [0.05, 0.1) is 0 Å². The fourth-order valence-corrected chi connectivity index (χ4v) is 2.07. The Labute approximate surface area is 98.6 Å². The Morgan fingerprint density at radius 3 is 2.31 bits per heavy atom. The molecule has 1 heterocycles. The zero-order valence-corrected chi connectivity index (χ0v) is 11.3. The summed E-state index contributed by atoms with van der Waals surface area (Å²) in [6.45, 7) is 9.74. The highest BCUT2D eigenvalue weighted by molar-refractivity contribution is 5.11. The van der Waals surface area contributed by atoms with Crippen LogP contribution in [0.15, 0.2) is 6.07 Å². The number of hydrogen-bond acceptors (Lipinski definition) is 1. The van der Waals surface area contributed by atoms with Crippen LogP contribution < -0.4 is 5.49 Å². The second-order valence-electron chi connectivity index (χ2n) is 5.52. The smallest absolute Gasteiger partial charge is 0.141 e. The van der Waals surface area contributed by atoms with Gasteiger partial charge in [0.1, 0.15) is 5.49 Å². The van der Waals surface area contributed by atoms with Crippen LogP contribution in [0.1, 0.15) is 52.7 Å². The summed E-state index contributed by atoms with van der Waals surface area (Å²) in [5.41, 5.74) is 1.97. The Morgan fingerprint density at radius 2 is 1.88 bits per heavy atom. The summed E-state index contributed by atoms with van der Waals surface area (Å²) in [4.78, 5) is 0. The molecule has 16 heavy (non-hydrogen) atoms. The third-order valence-electron chi connectivity index (χ3n) is 3.00. The van der Waals surface area contributed by atoms with Gasteiger partial charge in [0, 0.05) is 30.8 Å². The molecule has 3 nitrogen and oxygen atoms in total. The first-order valence-corrected chi connectivity index (χ1v) is 6.20. The van der Waals surface area contributed by atoms with Gasteiger partial charge in [-0.05, 0) is 6.42 Å². The maximum atomic E-state index is 7.99. The average Bonchev–Trinajstić information content (AvgIpc) is 2.44. The molecule has 0 saturated heterocycles. The zero-order chi connectivity index (χ0) is 12.3. The molecule has 0 aliphatic heterocycles. The maximum Gasteiger partial charge on any atom is 0.141 e. The average molecular weight is 223 g/mol. The van der Waals surface area contributed by atoms with E-state index in [0.717, 1.165) is 13.0 Å². The fraction of sp³-hybridized carbons (Fsp3) is 0.769. The third-order valence-corrected chi connectivity index (χ3v) is 3.00. The van der Waals surface area contributed by atoms with Crippen molar-refractivity contribution in [3.8, 4) is 0 Å². The highest BCUT2D eigenvalue weighted by atomic mass is 15.4. The third kappa shape index (κ3) is 2.77. The van der Waals surface area contributed by atoms with Gasteiger partial charge in [-0.2, -0.15) is 0 Å². The molecular formula is C13H25N3. The number of nitrogens with zero attached hydrogens (tertiary/aromatic N) is 2. The van der Waals surface area contributed by atoms with E-state index < -0.39 is 0 Å². The molecule has 0 aliphatic rings. The van der Waals surface area contributed by atoms with Gasteiger partial charge >= 0.3 is 0 Å². The molecule has 3 heteroatoms. The summed E-state index contributed by atoms with van der Waals surface area (Å²) in [7, 11) is 2.06. The summed E-state index contributed by atoms with van der Waals surface area (Å²) < 4.78 is 4.20. The summed E-state index contributed by atoms with van der Waals surface area (Å²) in [6, 6.07) is 1.99. The topological polar surface area (TPSA) is 33.7 Å². The van der Waals surface area contributed by atoms with Crippen LogP contribution >= 0.6 is 0 Å². The predicted octanol–water partition coefficient (Wildman–Crippen LogP) is 2.79. The van der Waals surface area contributed by atoms with E-state index in [2.05, 4.69) is 44.1 Å². The lowest BCUT2D eigenvalue weighted by atomic mass is 9.92. The molecular weight excluding hydrogens is 198 g/mol. The van der Waals surface area contributed by atoms with Crippen molar-refractivity contribution in [1.29, 1.82) is 5.41 Å². The van der Waals surface area contributed by atoms with Crippen molar-refractivity contribution in [3.63, 3.8) is 0 Å². The summed E-state index contributed by atoms with van der Waals surface area (Å²) in [5, 5.41) is 7.99. The predicted molar refractivity (Wildman–Crippen MR) is 67.5 cm³/mol. The largest absolute Gasteiger partial charge is 0.291 e. The zero-order valence-electron chi connectivity index (χ0n) is 11.3. The molecule has 0 radical (unpaired) electrons. The molecule has 0 saturated carbocycles. The van der Waals surface area contributed by atoms with Gasteiger partial charge in [0.2, 0.25) is 0 Å². The molecule has 0 bridgehead atoms. The van der Waals surface area contributed by atoms with Crippen LogP contribution in [0.3, 0.4) is 0 Å². The van der Waals surface area contributed by atoms with Crippen molar-refractivity contribution >= 4 is 0 Å². The lowest BCUT2D eigenvalue weighted by molar-refractivity contribution is 0.422. The van der Waals surface area contributed by atoms with E-state index in [1.807, 2.05) is 6.07 Å². The highest BCUT2D eigenvalue weighted by Gasteiger charge is 2.19. The number of aromatic nitrogens is 2. The van der Waals surface area contributed by atoms with Gasteiger partial charge in [0.15, 0.2) is 0 Å². The highest BCUT2D eigenvalue weighted by Crippen LogP contribution is 2.20. The van der Waals surface area contributed by atoms with Crippen LogP contribution in [0.4, 0.5) is 0 Å². The Bertz CT molecular complexity index is 390. The van der Waals surface area contributed by atoms with Crippen molar-refractivity contribution in [2.45, 2.75) is 58.9 Å². The number of nitrogens with one attached hydrogen (secondary N) is 1. The van der Waals surface area contributed by atoms with Gasteiger partial charge in [-0.3, -0.25) is 14.8 Å². The Balaban J connectivity index is 2.95. The van der Waals surface area contributed by atoms with Crippen LogP contribution in [0.5, 0.6) is 0 Å². The Morgan fingerprint density at radius 1 is 1.25 bits per heavy atom. The van der Waals surface area contributed by atoms with Gasteiger partial charge in [-0.1, -0.05) is 40.5 Å². The Hall–Kier alpha value is -0.990. The van der Waals surface area contributed by atoms with Crippen LogP contribution in [-0.2, 0) is 19.0 Å². The van der Waals surface area contributed by atoms with Crippen LogP contribution in [-0.4, -0.2) is 9.36 Å². The van der Waals surface area contributed by atoms with Crippen molar-refractivity contribution in [3.05, 3.63) is 17.2 Å². The van der Waals surface area contributed by atoms with E-state index in [1.54, 1.807) is 0 Å². The van der Waals surface area contributed by atoms with E-state index in [1.165, 1.54) is 18.5 Å². The van der Waals surface area contributed by atoms with E-state index in [4.69, 9.17) is 5.41 Å². The second kappa shape index (κ2) is 4.89. The van der Waals surface area contributed by atoms with E-state index in [9.17, 15) is 0 Å². The number of rotatable bonds is 4. The van der Waals surface area contributed by atoms with Gasteiger partial charge < -0.3 is 0 Å². The summed E-state index contributed by atoms with van der Waals surface area (Å²) in [6.07, 6.45) is 3.63. The number of unbranched alkanes of at least 4 members (excludes halogenated alkanes) is 2. The van der Waals surface area contributed by atoms with Crippen LogP contribution in [0.25, 0.3) is 0 Å². The molecule has 1 aromatic rings. The lowest BCUT2D eigenvalue weighted by Crippen LogP contribution is -2.24. The molecule has 0 amide bonds. The maximum absolute atomic E-state index is 7.99. The molecule has 0 fully saturated rings. The van der Waals surface area contributed by atoms with Crippen molar-refractivity contribution in [2.24, 2.45) is 7.05 Å². The second-order valence-corrected chi connectivity index (χ2v) is 5.52. The van der Waals surface area contributed by atoms with E-state index in [0.29, 0.717) is 5.49 Å². The molecule has 1 aromatic heterocycles. The van der Waals surface area contributed by atoms with Crippen molar-refractivity contribution in [1.82, 2.24) is 9.36 Å². The SMILES string of the molecule is CCCCCn1c(=N)cc(C(C)(C)C)n1C. The minimum Gasteiger partial charge on any atom is -0.291 e. The molecule has 0 unspecified atom stereocenters. The van der Waals surface area contributed by atoms with Crippen molar-refractivity contribution in [2.75, 3.05) is 0 Å². The molecule has 0 aromatic carbocycles. The lowest BCUT2D eigenvalue weighted by Gasteiger charge is -2.20. The quantitative estimate of drug-likeness (QED) is 0.762. The van der Waals surface area contributed by atoms with Gasteiger partial charge in [-0.25, -0.2) is 0 Å². The van der Waals surface area contributed by atoms with Gasteiger partial charge in [0.25, 0.3) is 0 Å². The molecule has 0 aliphatic carbocycles. The molecule has 0 atom stereocenters. The minimum absolute atomic E-state index is 0.112. The monoisotopic (exact) mass is 223 g/mol. The summed E-state index contributed by atoms with van der Waals surface area (Å²) in [5.74, 6) is 0. The molecule has 92 valence electrons. The van der Waals surface area contributed by atoms with Crippen LogP contribution in [0, 0.1) is 5.41 Å². The fourth-order valence-electron chi connectivity index (χ4n) is 2.07. The van der Waals surface area contributed by atoms with E-state index >= 15 is 0 Å². The molecule has 1 N–H and O–H groups in total. The minimum atomic E-state index is 0.112. The normalized spacial score (nSPS) is 12.1. The first-order valence-electron chi connectivity index (χ1n) is 6.20. The first-order chi connectivity index (χ1) is 7.38. The standard InChI is InChI=1S/C13H25N3/c1-6-7-8-9-16-12(14)10-11(15(16)5)13(2,3)4/h10,14H,6-9H2,1-5H3. The van der Waals surface area contributed by atoms with E-state index in [-0.39, 0.29) is 5.41 Å². The Kier molecular flexibility index (Phi) is 4.00. The number of hydrogen-bond donors (Lipinski definition) is 1. The molecule has 1 rings (SSSR count). The molecule has 0 spiro atoms.